The lowest BCUT2D eigenvalue weighted by molar-refractivity contribution is 0.669. The third-order valence-electron chi connectivity index (χ3n) is 6.27. The summed E-state index contributed by atoms with van der Waals surface area (Å²) < 4.78 is 8.71. The summed E-state index contributed by atoms with van der Waals surface area (Å²) in [5.74, 6) is 0. The van der Waals surface area contributed by atoms with E-state index in [-0.39, 0.29) is 0 Å². The number of benzene rings is 5. The van der Waals surface area contributed by atoms with Crippen LogP contribution >= 0.6 is 11.3 Å². The van der Waals surface area contributed by atoms with Crippen LogP contribution < -0.4 is 5.32 Å². The van der Waals surface area contributed by atoms with Gasteiger partial charge in [0.05, 0.1) is 0 Å². The Bertz CT molecular complexity index is 1790. The summed E-state index contributed by atoms with van der Waals surface area (Å²) in [5, 5.41) is 8.52. The number of furan rings is 1. The Labute approximate surface area is 194 Å². The molecular weight excluding hydrogens is 422 g/mol. The van der Waals surface area contributed by atoms with Gasteiger partial charge < -0.3 is 9.73 Å². The highest BCUT2D eigenvalue weighted by Crippen LogP contribution is 2.44. The SMILES string of the molecule is c1ccc(-c2ccc(Nc3ccc4c(c3)oc3ccccc34)c3c2sc2ccccc23)cc1. The van der Waals surface area contributed by atoms with Gasteiger partial charge in [-0.25, -0.2) is 0 Å². The van der Waals surface area contributed by atoms with Gasteiger partial charge in [0.25, 0.3) is 0 Å². The molecule has 0 aliphatic heterocycles. The monoisotopic (exact) mass is 441 g/mol. The topological polar surface area (TPSA) is 25.2 Å². The minimum atomic E-state index is 0.897. The molecule has 0 atom stereocenters. The van der Waals surface area contributed by atoms with Gasteiger partial charge in [-0.2, -0.15) is 0 Å². The van der Waals surface area contributed by atoms with Crippen LogP contribution in [0.1, 0.15) is 0 Å². The van der Waals surface area contributed by atoms with Crippen molar-refractivity contribution in [2.24, 2.45) is 0 Å². The number of fused-ring (bicyclic) bond motifs is 6. The number of para-hydroxylation sites is 1. The largest absolute Gasteiger partial charge is 0.456 e. The third-order valence-corrected chi connectivity index (χ3v) is 7.47. The van der Waals surface area contributed by atoms with E-state index in [1.165, 1.54) is 31.3 Å². The van der Waals surface area contributed by atoms with Crippen molar-refractivity contribution in [3.05, 3.63) is 109 Å². The molecule has 0 aliphatic carbocycles. The number of anilines is 2. The minimum absolute atomic E-state index is 0.897. The fourth-order valence-corrected chi connectivity index (χ4v) is 6.00. The molecule has 7 rings (SSSR count). The number of hydrogen-bond donors (Lipinski definition) is 1. The molecule has 2 nitrogen and oxygen atoms in total. The first-order valence-electron chi connectivity index (χ1n) is 11.0. The Morgan fingerprint density at radius 3 is 2.27 bits per heavy atom. The van der Waals surface area contributed by atoms with Gasteiger partial charge in [0.2, 0.25) is 0 Å². The zero-order chi connectivity index (χ0) is 21.8. The molecule has 0 saturated heterocycles. The van der Waals surface area contributed by atoms with Gasteiger partial charge in [-0.15, -0.1) is 11.3 Å². The predicted octanol–water partition coefficient (Wildman–Crippen LogP) is 9.36. The lowest BCUT2D eigenvalue weighted by Gasteiger charge is -2.11. The van der Waals surface area contributed by atoms with Gasteiger partial charge in [-0.1, -0.05) is 72.8 Å². The number of hydrogen-bond acceptors (Lipinski definition) is 3. The summed E-state index contributed by atoms with van der Waals surface area (Å²) >= 11 is 1.85. The van der Waals surface area contributed by atoms with E-state index in [0.29, 0.717) is 0 Å². The Hall–Kier alpha value is -4.08. The van der Waals surface area contributed by atoms with Crippen LogP contribution in [0.25, 0.3) is 53.2 Å². The highest BCUT2D eigenvalue weighted by molar-refractivity contribution is 7.26. The molecule has 3 heteroatoms. The average Bonchev–Trinajstić information content (AvgIpc) is 3.43. The summed E-state index contributed by atoms with van der Waals surface area (Å²) in [4.78, 5) is 0. The van der Waals surface area contributed by atoms with E-state index in [9.17, 15) is 0 Å². The highest BCUT2D eigenvalue weighted by Gasteiger charge is 2.15. The second kappa shape index (κ2) is 7.22. The second-order valence-electron chi connectivity index (χ2n) is 8.26. The smallest absolute Gasteiger partial charge is 0.137 e. The first-order valence-corrected chi connectivity index (χ1v) is 11.8. The Morgan fingerprint density at radius 1 is 0.606 bits per heavy atom. The molecule has 0 fully saturated rings. The standard InChI is InChI=1S/C30H19NOS/c1-2-8-19(9-3-1)21-16-17-25(29-24-11-5-7-13-28(24)33-30(21)29)31-20-14-15-23-22-10-4-6-12-26(22)32-27(23)18-20/h1-18,31H. The van der Waals surface area contributed by atoms with Crippen molar-refractivity contribution in [2.45, 2.75) is 0 Å². The molecule has 0 aliphatic rings. The van der Waals surface area contributed by atoms with Gasteiger partial charge in [-0.3, -0.25) is 0 Å². The fourth-order valence-electron chi connectivity index (χ4n) is 4.74. The van der Waals surface area contributed by atoms with Crippen LogP contribution in [0.15, 0.2) is 114 Å². The van der Waals surface area contributed by atoms with Crippen molar-refractivity contribution in [1.82, 2.24) is 0 Å². The second-order valence-corrected chi connectivity index (χ2v) is 9.32. The molecular formula is C30H19NOS. The van der Waals surface area contributed by atoms with E-state index >= 15 is 0 Å². The van der Waals surface area contributed by atoms with Crippen LogP contribution in [0.4, 0.5) is 11.4 Å². The van der Waals surface area contributed by atoms with Gasteiger partial charge in [0.15, 0.2) is 0 Å². The maximum absolute atomic E-state index is 6.11. The van der Waals surface area contributed by atoms with E-state index < -0.39 is 0 Å². The average molecular weight is 442 g/mol. The summed E-state index contributed by atoms with van der Waals surface area (Å²) in [6.07, 6.45) is 0. The molecule has 5 aromatic carbocycles. The molecule has 7 aromatic rings. The van der Waals surface area contributed by atoms with Crippen molar-refractivity contribution in [2.75, 3.05) is 5.32 Å². The van der Waals surface area contributed by atoms with Crippen LogP contribution in [-0.4, -0.2) is 0 Å². The van der Waals surface area contributed by atoms with Gasteiger partial charge in [0.1, 0.15) is 11.2 Å². The first-order chi connectivity index (χ1) is 16.3. The predicted molar refractivity (Wildman–Crippen MR) is 142 cm³/mol. The van der Waals surface area contributed by atoms with Crippen molar-refractivity contribution < 1.29 is 4.42 Å². The van der Waals surface area contributed by atoms with Crippen molar-refractivity contribution in [1.29, 1.82) is 0 Å². The lowest BCUT2D eigenvalue weighted by Crippen LogP contribution is -1.91. The Balaban J connectivity index is 1.41. The van der Waals surface area contributed by atoms with Crippen LogP contribution in [0.3, 0.4) is 0 Å². The summed E-state index contributed by atoms with van der Waals surface area (Å²) in [6.45, 7) is 0. The Kier molecular flexibility index (Phi) is 4.05. The van der Waals surface area contributed by atoms with Crippen LogP contribution in [-0.2, 0) is 0 Å². The number of nitrogens with one attached hydrogen (secondary N) is 1. The zero-order valence-electron chi connectivity index (χ0n) is 17.7. The molecule has 0 radical (unpaired) electrons. The molecule has 0 spiro atoms. The zero-order valence-corrected chi connectivity index (χ0v) is 18.5. The van der Waals surface area contributed by atoms with E-state index in [0.717, 1.165) is 33.3 Å². The summed E-state index contributed by atoms with van der Waals surface area (Å²) in [6, 6.07) is 38.3. The maximum Gasteiger partial charge on any atom is 0.137 e. The van der Waals surface area contributed by atoms with Crippen LogP contribution in [0.5, 0.6) is 0 Å². The van der Waals surface area contributed by atoms with Crippen LogP contribution in [0, 0.1) is 0 Å². The quantitative estimate of drug-likeness (QED) is 0.295. The fraction of sp³-hybridized carbons (Fsp3) is 0. The molecule has 0 saturated carbocycles. The minimum Gasteiger partial charge on any atom is -0.456 e. The maximum atomic E-state index is 6.11. The molecule has 1 N–H and O–H groups in total. The molecule has 33 heavy (non-hydrogen) atoms. The van der Waals surface area contributed by atoms with Gasteiger partial charge in [-0.05, 0) is 41.5 Å². The highest BCUT2D eigenvalue weighted by atomic mass is 32.1. The van der Waals surface area contributed by atoms with Crippen molar-refractivity contribution in [3.8, 4) is 11.1 Å². The number of thiophene rings is 1. The third kappa shape index (κ3) is 2.94. The van der Waals surface area contributed by atoms with Gasteiger partial charge in [0, 0.05) is 48.4 Å². The van der Waals surface area contributed by atoms with E-state index in [2.05, 4.69) is 102 Å². The van der Waals surface area contributed by atoms with E-state index in [1.54, 1.807) is 0 Å². The van der Waals surface area contributed by atoms with Crippen molar-refractivity contribution >= 4 is 64.8 Å². The molecule has 0 amide bonds. The molecule has 156 valence electrons. The summed E-state index contributed by atoms with van der Waals surface area (Å²) in [7, 11) is 0. The van der Waals surface area contributed by atoms with E-state index in [1.807, 2.05) is 23.5 Å². The molecule has 2 aromatic heterocycles. The Morgan fingerprint density at radius 2 is 1.36 bits per heavy atom. The first kappa shape index (κ1) is 18.5. The lowest BCUT2D eigenvalue weighted by atomic mass is 10.0. The normalized spacial score (nSPS) is 11.6. The summed E-state index contributed by atoms with van der Waals surface area (Å²) in [5.41, 5.74) is 6.45. The van der Waals surface area contributed by atoms with Crippen LogP contribution in [0.2, 0.25) is 0 Å². The van der Waals surface area contributed by atoms with Gasteiger partial charge >= 0.3 is 0 Å². The van der Waals surface area contributed by atoms with E-state index in [4.69, 9.17) is 4.42 Å². The molecule has 0 bridgehead atoms. The number of rotatable bonds is 3. The molecule has 2 heterocycles. The van der Waals surface area contributed by atoms with Crippen molar-refractivity contribution in [3.63, 3.8) is 0 Å². The molecule has 0 unspecified atom stereocenters.